The predicted molar refractivity (Wildman–Crippen MR) is 93.0 cm³/mol. The average molecular weight is 310 g/mol. The van der Waals surface area contributed by atoms with Crippen LogP contribution in [-0.2, 0) is 5.60 Å². The molecular formula is C21H26O2. The quantitative estimate of drug-likeness (QED) is 0.843. The van der Waals surface area contributed by atoms with Gasteiger partial charge < -0.3 is 10.2 Å². The van der Waals surface area contributed by atoms with Gasteiger partial charge in [0.2, 0.25) is 0 Å². The zero-order valence-electron chi connectivity index (χ0n) is 13.9. The fraction of sp³-hybridized carbons (Fsp3) is 0.429. The van der Waals surface area contributed by atoms with Crippen molar-refractivity contribution in [1.29, 1.82) is 0 Å². The first-order chi connectivity index (χ1) is 11.0. The highest BCUT2D eigenvalue weighted by molar-refractivity contribution is 5.36. The van der Waals surface area contributed by atoms with E-state index in [1.165, 1.54) is 0 Å². The Kier molecular flexibility index (Phi) is 4.31. The molecule has 3 rings (SSSR count). The smallest absolute Gasteiger partial charge is 0.115 e. The number of aliphatic hydroxyl groups is 2. The van der Waals surface area contributed by atoms with Crippen LogP contribution >= 0.6 is 0 Å². The van der Waals surface area contributed by atoms with Gasteiger partial charge in [-0.05, 0) is 42.2 Å². The Bertz CT molecular complexity index is 596. The van der Waals surface area contributed by atoms with E-state index in [0.29, 0.717) is 24.7 Å². The Morgan fingerprint density at radius 2 is 1.48 bits per heavy atom. The minimum atomic E-state index is -1.05. The zero-order valence-corrected chi connectivity index (χ0v) is 13.9. The van der Waals surface area contributed by atoms with Gasteiger partial charge in [-0.15, -0.1) is 0 Å². The molecule has 1 aliphatic carbocycles. The molecule has 0 aliphatic heterocycles. The summed E-state index contributed by atoms with van der Waals surface area (Å²) in [6.07, 6.45) is 2.00. The normalized spacial score (nSPS) is 24.0. The summed E-state index contributed by atoms with van der Waals surface area (Å²) in [5.74, 6) is 0.847. The molecule has 2 aromatic rings. The van der Waals surface area contributed by atoms with E-state index in [-0.39, 0.29) is 0 Å². The van der Waals surface area contributed by atoms with Crippen molar-refractivity contribution in [2.24, 2.45) is 11.8 Å². The number of rotatable bonds is 6. The van der Waals surface area contributed by atoms with E-state index in [0.717, 1.165) is 17.5 Å². The highest BCUT2D eigenvalue weighted by Crippen LogP contribution is 2.52. The first-order valence-electron chi connectivity index (χ1n) is 8.51. The average Bonchev–Trinajstić information content (AvgIpc) is 3.27. The van der Waals surface area contributed by atoms with E-state index in [2.05, 4.69) is 13.8 Å². The monoisotopic (exact) mass is 310 g/mol. The van der Waals surface area contributed by atoms with Gasteiger partial charge in [0.1, 0.15) is 5.60 Å². The second kappa shape index (κ2) is 6.10. The molecule has 0 spiro atoms. The minimum Gasteiger partial charge on any atom is -0.390 e. The molecule has 2 atom stereocenters. The molecule has 122 valence electrons. The fourth-order valence-corrected chi connectivity index (χ4v) is 3.75. The van der Waals surface area contributed by atoms with Gasteiger partial charge in [0.25, 0.3) is 0 Å². The largest absolute Gasteiger partial charge is 0.390 e. The van der Waals surface area contributed by atoms with Crippen molar-refractivity contribution in [3.63, 3.8) is 0 Å². The number of benzene rings is 2. The second-order valence-corrected chi connectivity index (χ2v) is 7.25. The van der Waals surface area contributed by atoms with Crippen molar-refractivity contribution in [3.05, 3.63) is 71.8 Å². The molecule has 0 unspecified atom stereocenters. The van der Waals surface area contributed by atoms with Gasteiger partial charge in [-0.1, -0.05) is 74.5 Å². The lowest BCUT2D eigenvalue weighted by Crippen LogP contribution is -2.30. The van der Waals surface area contributed by atoms with E-state index in [9.17, 15) is 10.2 Å². The molecule has 0 aromatic heterocycles. The minimum absolute atomic E-state index is 0.360. The van der Waals surface area contributed by atoms with E-state index in [1.54, 1.807) is 0 Å². The van der Waals surface area contributed by atoms with Gasteiger partial charge in [0.15, 0.2) is 0 Å². The van der Waals surface area contributed by atoms with Crippen LogP contribution in [0.3, 0.4) is 0 Å². The lowest BCUT2D eigenvalue weighted by atomic mass is 9.81. The standard InChI is InChI=1S/C21H26O2/c1-16(2)19-15-20(19,22)13-14-21(23,17-9-5-3-6-10-17)18-11-7-4-8-12-18/h3-12,16,19,22-23H,13-15H2,1-2H3/t19-,20+/m1/s1. The van der Waals surface area contributed by atoms with Crippen LogP contribution in [0.2, 0.25) is 0 Å². The third kappa shape index (κ3) is 3.19. The Morgan fingerprint density at radius 1 is 1.00 bits per heavy atom. The van der Waals surface area contributed by atoms with Crippen LogP contribution in [0.4, 0.5) is 0 Å². The molecule has 0 bridgehead atoms. The lowest BCUT2D eigenvalue weighted by molar-refractivity contribution is 0.0343. The fourth-order valence-electron chi connectivity index (χ4n) is 3.75. The van der Waals surface area contributed by atoms with Gasteiger partial charge in [0.05, 0.1) is 5.60 Å². The van der Waals surface area contributed by atoms with Crippen molar-refractivity contribution in [1.82, 2.24) is 0 Å². The third-order valence-corrected chi connectivity index (χ3v) is 5.33. The SMILES string of the molecule is CC(C)[C@H]1C[C@@]1(O)CCC(O)(c1ccccc1)c1ccccc1. The summed E-state index contributed by atoms with van der Waals surface area (Å²) in [5.41, 5.74) is 0.113. The molecule has 2 nitrogen and oxygen atoms in total. The zero-order chi connectivity index (χ0) is 16.5. The summed E-state index contributed by atoms with van der Waals surface area (Å²) in [5, 5.41) is 22.2. The van der Waals surface area contributed by atoms with E-state index >= 15 is 0 Å². The predicted octanol–water partition coefficient (Wildman–Crippen LogP) is 4.11. The molecule has 23 heavy (non-hydrogen) atoms. The molecule has 1 fully saturated rings. The highest BCUT2D eigenvalue weighted by Gasteiger charge is 2.54. The molecule has 1 aliphatic rings. The van der Waals surface area contributed by atoms with Crippen molar-refractivity contribution in [2.75, 3.05) is 0 Å². The molecule has 2 N–H and O–H groups in total. The Hall–Kier alpha value is -1.64. The van der Waals surface area contributed by atoms with Crippen molar-refractivity contribution < 1.29 is 10.2 Å². The summed E-state index contributed by atoms with van der Waals surface area (Å²) < 4.78 is 0. The maximum atomic E-state index is 11.5. The van der Waals surface area contributed by atoms with Crippen LogP contribution in [0.5, 0.6) is 0 Å². The third-order valence-electron chi connectivity index (χ3n) is 5.33. The van der Waals surface area contributed by atoms with Gasteiger partial charge in [-0.3, -0.25) is 0 Å². The van der Waals surface area contributed by atoms with Crippen LogP contribution in [0, 0.1) is 11.8 Å². The maximum absolute atomic E-state index is 11.5. The first kappa shape index (κ1) is 16.2. The molecule has 1 saturated carbocycles. The lowest BCUT2D eigenvalue weighted by Gasteiger charge is -2.31. The summed E-state index contributed by atoms with van der Waals surface area (Å²) in [4.78, 5) is 0. The Labute approximate surface area is 138 Å². The molecule has 0 heterocycles. The van der Waals surface area contributed by atoms with Gasteiger partial charge in [0, 0.05) is 0 Å². The molecule has 2 aromatic carbocycles. The summed E-state index contributed by atoms with van der Waals surface area (Å²) in [6.45, 7) is 4.31. The van der Waals surface area contributed by atoms with Crippen molar-refractivity contribution >= 4 is 0 Å². The molecule has 0 amide bonds. The molecular weight excluding hydrogens is 284 g/mol. The summed E-state index contributed by atoms with van der Waals surface area (Å²) in [6, 6.07) is 19.6. The first-order valence-corrected chi connectivity index (χ1v) is 8.51. The highest BCUT2D eigenvalue weighted by atomic mass is 16.3. The van der Waals surface area contributed by atoms with E-state index in [4.69, 9.17) is 0 Å². The van der Waals surface area contributed by atoms with E-state index in [1.807, 2.05) is 60.7 Å². The molecule has 0 saturated heterocycles. The summed E-state index contributed by atoms with van der Waals surface area (Å²) >= 11 is 0. The summed E-state index contributed by atoms with van der Waals surface area (Å²) in [7, 11) is 0. The van der Waals surface area contributed by atoms with Gasteiger partial charge >= 0.3 is 0 Å². The van der Waals surface area contributed by atoms with Crippen molar-refractivity contribution in [2.45, 2.75) is 44.3 Å². The van der Waals surface area contributed by atoms with E-state index < -0.39 is 11.2 Å². The molecule has 2 heteroatoms. The van der Waals surface area contributed by atoms with Crippen LogP contribution < -0.4 is 0 Å². The van der Waals surface area contributed by atoms with Gasteiger partial charge in [-0.25, -0.2) is 0 Å². The number of hydrogen-bond acceptors (Lipinski definition) is 2. The van der Waals surface area contributed by atoms with Crippen LogP contribution in [0.25, 0.3) is 0 Å². The molecule has 0 radical (unpaired) electrons. The van der Waals surface area contributed by atoms with Crippen molar-refractivity contribution in [3.8, 4) is 0 Å². The Balaban J connectivity index is 1.86. The topological polar surface area (TPSA) is 40.5 Å². The van der Waals surface area contributed by atoms with Crippen LogP contribution in [0.1, 0.15) is 44.2 Å². The maximum Gasteiger partial charge on any atom is 0.115 e. The van der Waals surface area contributed by atoms with Crippen LogP contribution in [-0.4, -0.2) is 15.8 Å². The number of hydrogen-bond donors (Lipinski definition) is 2. The van der Waals surface area contributed by atoms with Crippen LogP contribution in [0.15, 0.2) is 60.7 Å². The Morgan fingerprint density at radius 3 is 1.87 bits per heavy atom. The van der Waals surface area contributed by atoms with Gasteiger partial charge in [-0.2, -0.15) is 0 Å². The second-order valence-electron chi connectivity index (χ2n) is 7.25.